The average molecular weight is 366 g/mol. The first-order valence-corrected chi connectivity index (χ1v) is 10.2. The lowest BCUT2D eigenvalue weighted by Gasteiger charge is -2.37. The molecule has 0 N–H and O–H groups in total. The number of nitrogens with zero attached hydrogens (tertiary/aromatic N) is 3. The monoisotopic (exact) mass is 365 g/mol. The Morgan fingerprint density at radius 3 is 2.31 bits per heavy atom. The van der Waals surface area contributed by atoms with E-state index >= 15 is 0 Å². The van der Waals surface area contributed by atoms with E-state index in [1.165, 1.54) is 0 Å². The van der Waals surface area contributed by atoms with Crippen molar-refractivity contribution >= 4 is 12.0 Å². The van der Waals surface area contributed by atoms with E-state index in [9.17, 15) is 9.59 Å². The van der Waals surface area contributed by atoms with Gasteiger partial charge in [-0.25, -0.2) is 4.79 Å². The molecule has 6 nitrogen and oxygen atoms in total. The van der Waals surface area contributed by atoms with Gasteiger partial charge in [-0.15, -0.1) is 0 Å². The summed E-state index contributed by atoms with van der Waals surface area (Å²) in [5, 5.41) is 0. The van der Waals surface area contributed by atoms with Crippen LogP contribution in [0, 0.1) is 11.8 Å². The second-order valence-electron chi connectivity index (χ2n) is 9.55. The maximum absolute atomic E-state index is 13.1. The molecule has 3 fully saturated rings. The van der Waals surface area contributed by atoms with Crippen LogP contribution >= 0.6 is 0 Å². The van der Waals surface area contributed by atoms with E-state index in [1.807, 2.05) is 30.6 Å². The highest BCUT2D eigenvalue weighted by Gasteiger charge is 2.53. The van der Waals surface area contributed by atoms with Crippen LogP contribution in [0.3, 0.4) is 0 Å². The molecule has 0 saturated carbocycles. The molecule has 0 aromatic rings. The lowest BCUT2D eigenvalue weighted by molar-refractivity contribution is -0.138. The van der Waals surface area contributed by atoms with E-state index in [0.29, 0.717) is 5.92 Å². The van der Waals surface area contributed by atoms with Crippen LogP contribution in [0.5, 0.6) is 0 Å². The molecular formula is C20H35N3O3. The molecule has 6 heteroatoms. The lowest BCUT2D eigenvalue weighted by atomic mass is 9.88. The summed E-state index contributed by atoms with van der Waals surface area (Å²) < 4.78 is 5.58. The SMILES string of the molecule is CC(C)CN1CCN(C(=O)C2CC3CCC2N3C(=O)OC(C)(C)C)CC1. The smallest absolute Gasteiger partial charge is 0.410 e. The Bertz CT molecular complexity index is 535. The number of carbonyl (C=O) groups is 2. The van der Waals surface area contributed by atoms with E-state index in [4.69, 9.17) is 4.74 Å². The number of ether oxygens (including phenoxy) is 1. The molecule has 148 valence electrons. The largest absolute Gasteiger partial charge is 0.444 e. The summed E-state index contributed by atoms with van der Waals surface area (Å²) >= 11 is 0. The minimum absolute atomic E-state index is 0.0241. The van der Waals surface area contributed by atoms with Crippen LogP contribution in [0.15, 0.2) is 0 Å². The van der Waals surface area contributed by atoms with Gasteiger partial charge in [-0.3, -0.25) is 9.69 Å². The average Bonchev–Trinajstić information content (AvgIpc) is 3.10. The third-order valence-corrected chi connectivity index (χ3v) is 5.77. The lowest BCUT2D eigenvalue weighted by Crippen LogP contribution is -2.52. The van der Waals surface area contributed by atoms with Gasteiger partial charge in [0, 0.05) is 44.8 Å². The highest BCUT2D eigenvalue weighted by molar-refractivity contribution is 5.82. The summed E-state index contributed by atoms with van der Waals surface area (Å²) in [7, 11) is 0. The normalized spacial score (nSPS) is 29.5. The minimum atomic E-state index is -0.495. The van der Waals surface area contributed by atoms with Crippen LogP contribution < -0.4 is 0 Å². The Balaban J connectivity index is 1.58. The summed E-state index contributed by atoms with van der Waals surface area (Å²) in [5.41, 5.74) is -0.495. The quantitative estimate of drug-likeness (QED) is 0.771. The molecular weight excluding hydrogens is 330 g/mol. The Morgan fingerprint density at radius 2 is 1.73 bits per heavy atom. The van der Waals surface area contributed by atoms with Crippen molar-refractivity contribution in [2.24, 2.45) is 11.8 Å². The summed E-state index contributed by atoms with van der Waals surface area (Å²) in [4.78, 5) is 32.0. The fourth-order valence-corrected chi connectivity index (χ4v) is 4.76. The highest BCUT2D eigenvalue weighted by Crippen LogP contribution is 2.43. The first-order chi connectivity index (χ1) is 12.2. The Labute approximate surface area is 157 Å². The first-order valence-electron chi connectivity index (χ1n) is 10.2. The molecule has 0 aromatic carbocycles. The van der Waals surface area contributed by atoms with Gasteiger partial charge in [0.05, 0.1) is 5.92 Å². The van der Waals surface area contributed by atoms with E-state index in [2.05, 4.69) is 18.7 Å². The van der Waals surface area contributed by atoms with Crippen molar-refractivity contribution < 1.29 is 14.3 Å². The van der Waals surface area contributed by atoms with E-state index in [0.717, 1.165) is 52.0 Å². The molecule has 2 bridgehead atoms. The number of carbonyl (C=O) groups excluding carboxylic acids is 2. The number of fused-ring (bicyclic) bond motifs is 2. The zero-order chi connectivity index (χ0) is 19.1. The molecule has 3 aliphatic rings. The van der Waals surface area contributed by atoms with Crippen molar-refractivity contribution in [3.63, 3.8) is 0 Å². The molecule has 0 aliphatic carbocycles. The molecule has 2 amide bonds. The Kier molecular flexibility index (Phi) is 5.52. The van der Waals surface area contributed by atoms with Crippen molar-refractivity contribution in [1.29, 1.82) is 0 Å². The number of rotatable bonds is 3. The van der Waals surface area contributed by atoms with Crippen molar-refractivity contribution in [3.05, 3.63) is 0 Å². The predicted molar refractivity (Wildman–Crippen MR) is 101 cm³/mol. The van der Waals surface area contributed by atoms with Gasteiger partial charge in [-0.1, -0.05) is 13.8 Å². The van der Waals surface area contributed by atoms with Crippen molar-refractivity contribution in [1.82, 2.24) is 14.7 Å². The van der Waals surface area contributed by atoms with E-state index in [-0.39, 0.29) is 30.0 Å². The van der Waals surface area contributed by atoms with Gasteiger partial charge >= 0.3 is 6.09 Å². The molecule has 26 heavy (non-hydrogen) atoms. The van der Waals surface area contributed by atoms with Crippen molar-refractivity contribution in [2.75, 3.05) is 32.7 Å². The summed E-state index contributed by atoms with van der Waals surface area (Å²) in [6, 6.07) is 0.196. The molecule has 0 spiro atoms. The number of hydrogen-bond donors (Lipinski definition) is 0. The topological polar surface area (TPSA) is 53.1 Å². The van der Waals surface area contributed by atoms with E-state index < -0.39 is 5.60 Å². The molecule has 3 aliphatic heterocycles. The zero-order valence-corrected chi connectivity index (χ0v) is 17.0. The number of hydrogen-bond acceptors (Lipinski definition) is 4. The van der Waals surface area contributed by atoms with Crippen LogP contribution in [-0.4, -0.2) is 77.1 Å². The number of amides is 2. The van der Waals surface area contributed by atoms with Gasteiger partial charge in [0.15, 0.2) is 0 Å². The Hall–Kier alpha value is -1.30. The van der Waals surface area contributed by atoms with Gasteiger partial charge in [0.25, 0.3) is 0 Å². The van der Waals surface area contributed by atoms with Crippen molar-refractivity contribution in [3.8, 4) is 0 Å². The first kappa shape index (κ1) is 19.5. The molecule has 0 radical (unpaired) electrons. The van der Waals surface area contributed by atoms with Crippen LogP contribution in [0.1, 0.15) is 53.9 Å². The van der Waals surface area contributed by atoms with Gasteiger partial charge in [-0.05, 0) is 46.0 Å². The fraction of sp³-hybridized carbons (Fsp3) is 0.900. The van der Waals surface area contributed by atoms with Gasteiger partial charge in [0.1, 0.15) is 5.60 Å². The summed E-state index contributed by atoms with van der Waals surface area (Å²) in [6.45, 7) is 14.8. The fourth-order valence-electron chi connectivity index (χ4n) is 4.76. The standard InChI is InChI=1S/C20H35N3O3/c1-14(2)13-21-8-10-22(11-9-21)18(24)16-12-15-6-7-17(16)23(15)19(25)26-20(3,4)5/h14-17H,6-13H2,1-5H3. The third-order valence-electron chi connectivity index (χ3n) is 5.77. The zero-order valence-electron chi connectivity index (χ0n) is 17.0. The molecule has 3 atom stereocenters. The van der Waals surface area contributed by atoms with Crippen molar-refractivity contribution in [2.45, 2.75) is 71.6 Å². The molecule has 3 unspecified atom stereocenters. The second kappa shape index (κ2) is 7.37. The van der Waals surface area contributed by atoms with E-state index in [1.54, 1.807) is 0 Å². The molecule has 3 rings (SSSR count). The summed E-state index contributed by atoms with van der Waals surface area (Å²) in [6.07, 6.45) is 2.47. The molecule has 3 heterocycles. The third kappa shape index (κ3) is 4.16. The van der Waals surface area contributed by atoms with Crippen LogP contribution in [0.2, 0.25) is 0 Å². The highest BCUT2D eigenvalue weighted by atomic mass is 16.6. The molecule has 3 saturated heterocycles. The van der Waals surface area contributed by atoms with Crippen LogP contribution in [0.4, 0.5) is 4.79 Å². The summed E-state index contributed by atoms with van der Waals surface area (Å²) in [5.74, 6) is 0.859. The maximum atomic E-state index is 13.1. The second-order valence-corrected chi connectivity index (χ2v) is 9.55. The Morgan fingerprint density at radius 1 is 1.08 bits per heavy atom. The van der Waals surface area contributed by atoms with Crippen LogP contribution in [0.25, 0.3) is 0 Å². The van der Waals surface area contributed by atoms with Gasteiger partial charge in [0.2, 0.25) is 5.91 Å². The predicted octanol–water partition coefficient (Wildman–Crippen LogP) is 2.57. The maximum Gasteiger partial charge on any atom is 0.410 e. The number of piperazine rings is 1. The van der Waals surface area contributed by atoms with Crippen LogP contribution in [-0.2, 0) is 9.53 Å². The van der Waals surface area contributed by atoms with Gasteiger partial charge < -0.3 is 14.5 Å². The minimum Gasteiger partial charge on any atom is -0.444 e. The van der Waals surface area contributed by atoms with Gasteiger partial charge in [-0.2, -0.15) is 0 Å². The molecule has 0 aromatic heterocycles.